The summed E-state index contributed by atoms with van der Waals surface area (Å²) in [5.41, 5.74) is 5.38. The number of hydrogen-bond acceptors (Lipinski definition) is 8. The lowest BCUT2D eigenvalue weighted by atomic mass is 10.0. The van der Waals surface area contributed by atoms with Crippen LogP contribution < -0.4 is 5.73 Å². The highest BCUT2D eigenvalue weighted by molar-refractivity contribution is 7.47. The van der Waals surface area contributed by atoms with E-state index in [1.54, 1.807) is 0 Å². The Balaban J connectivity index is 4.11. The Hall–Kier alpha value is -1.55. The van der Waals surface area contributed by atoms with Gasteiger partial charge in [-0.1, -0.05) is 224 Å². The Kier molecular flexibility index (Phi) is 46.2. The lowest BCUT2D eigenvalue weighted by Gasteiger charge is -2.20. The van der Waals surface area contributed by atoms with E-state index in [1.165, 1.54) is 180 Å². The molecule has 4 N–H and O–H groups in total. The minimum Gasteiger partial charge on any atom is -0.480 e. The molecule has 62 heavy (non-hydrogen) atoms. The number of aliphatic carboxylic acids is 1. The number of carboxylic acids is 1. The number of esters is 1. The molecule has 0 saturated carbocycles. The Labute approximate surface area is 381 Å². The van der Waals surface area contributed by atoms with Crippen LogP contribution in [0.1, 0.15) is 251 Å². The van der Waals surface area contributed by atoms with Crippen molar-refractivity contribution in [1.82, 2.24) is 0 Å². The smallest absolute Gasteiger partial charge is 0.472 e. The Bertz CT molecular complexity index is 1090. The number of rotatable bonds is 50. The molecule has 0 heterocycles. The number of phosphoric acid groups is 1. The standard InChI is InChI=1S/C51H98NO9P/c1-3-5-7-9-11-13-15-17-19-21-23-24-25-27-29-31-33-35-37-39-41-43-50(53)61-48(46-59-62(56,57)60-47-49(52)51(54)55)45-58-44-42-40-38-36-34-32-30-28-26-22-20-18-16-14-12-10-8-6-4-2/h14,16,20,22,48-49H,3-13,15,17-19,21,23-47,52H2,1-2H3,(H,54,55)(H,56,57)/b16-14-,22-20-. The number of phosphoric ester groups is 1. The van der Waals surface area contributed by atoms with Crippen LogP contribution in [0.25, 0.3) is 0 Å². The molecule has 0 bridgehead atoms. The van der Waals surface area contributed by atoms with Crippen LogP contribution in [-0.4, -0.2) is 60.5 Å². The summed E-state index contributed by atoms with van der Waals surface area (Å²) < 4.78 is 33.5. The number of ether oxygens (including phenoxy) is 2. The van der Waals surface area contributed by atoms with Crippen molar-refractivity contribution in [3.63, 3.8) is 0 Å². The van der Waals surface area contributed by atoms with E-state index in [0.29, 0.717) is 6.61 Å². The molecule has 0 aromatic rings. The predicted octanol–water partition coefficient (Wildman–Crippen LogP) is 15.0. The number of allylic oxidation sites excluding steroid dienone is 4. The molecular weight excluding hydrogens is 802 g/mol. The van der Waals surface area contributed by atoms with E-state index in [-0.39, 0.29) is 13.0 Å². The molecule has 10 nitrogen and oxygen atoms in total. The van der Waals surface area contributed by atoms with Gasteiger partial charge in [0, 0.05) is 13.0 Å². The largest absolute Gasteiger partial charge is 0.480 e. The van der Waals surface area contributed by atoms with Crippen LogP contribution in [0.15, 0.2) is 24.3 Å². The molecule has 0 rings (SSSR count). The van der Waals surface area contributed by atoms with Crippen LogP contribution in [0.5, 0.6) is 0 Å². The van der Waals surface area contributed by atoms with E-state index in [0.717, 1.165) is 51.4 Å². The van der Waals surface area contributed by atoms with E-state index in [2.05, 4.69) is 38.2 Å². The van der Waals surface area contributed by atoms with Crippen LogP contribution in [0.4, 0.5) is 0 Å². The summed E-state index contributed by atoms with van der Waals surface area (Å²) in [6, 6.07) is -1.47. The van der Waals surface area contributed by atoms with Crippen molar-refractivity contribution in [2.45, 2.75) is 264 Å². The summed E-state index contributed by atoms with van der Waals surface area (Å²) in [5, 5.41) is 8.93. The second kappa shape index (κ2) is 47.4. The summed E-state index contributed by atoms with van der Waals surface area (Å²) in [6.07, 6.45) is 53.8. The number of hydrogen-bond donors (Lipinski definition) is 3. The van der Waals surface area contributed by atoms with Crippen molar-refractivity contribution in [3.8, 4) is 0 Å². The summed E-state index contributed by atoms with van der Waals surface area (Å²) in [5.74, 6) is -1.77. The van der Waals surface area contributed by atoms with Gasteiger partial charge in [0.2, 0.25) is 0 Å². The summed E-state index contributed by atoms with van der Waals surface area (Å²) in [4.78, 5) is 33.7. The Morgan fingerprint density at radius 1 is 0.516 bits per heavy atom. The highest BCUT2D eigenvalue weighted by Crippen LogP contribution is 2.43. The van der Waals surface area contributed by atoms with E-state index in [9.17, 15) is 19.0 Å². The third-order valence-corrected chi connectivity index (χ3v) is 12.4. The predicted molar refractivity (Wildman–Crippen MR) is 258 cm³/mol. The number of unbranched alkanes of at least 4 members (excludes halogenated alkanes) is 32. The minimum atomic E-state index is -4.62. The van der Waals surface area contributed by atoms with Gasteiger partial charge in [0.05, 0.1) is 19.8 Å². The summed E-state index contributed by atoms with van der Waals surface area (Å²) in [6.45, 7) is 3.90. The molecular formula is C51H98NO9P. The van der Waals surface area contributed by atoms with Gasteiger partial charge in [0.1, 0.15) is 12.1 Å². The molecule has 0 aliphatic carbocycles. The third kappa shape index (κ3) is 46.4. The topological polar surface area (TPSA) is 155 Å². The van der Waals surface area contributed by atoms with E-state index < -0.39 is 45.1 Å². The second-order valence-electron chi connectivity index (χ2n) is 17.7. The van der Waals surface area contributed by atoms with Gasteiger partial charge in [-0.05, 0) is 44.9 Å². The zero-order chi connectivity index (χ0) is 45.5. The van der Waals surface area contributed by atoms with Gasteiger partial charge in [0.15, 0.2) is 0 Å². The fourth-order valence-corrected chi connectivity index (χ4v) is 8.24. The van der Waals surface area contributed by atoms with Gasteiger partial charge in [-0.2, -0.15) is 0 Å². The first-order valence-electron chi connectivity index (χ1n) is 25.9. The van der Waals surface area contributed by atoms with E-state index >= 15 is 0 Å². The van der Waals surface area contributed by atoms with Gasteiger partial charge in [-0.3, -0.25) is 18.6 Å². The molecule has 11 heteroatoms. The molecule has 0 aromatic carbocycles. The average Bonchev–Trinajstić information content (AvgIpc) is 3.25. The van der Waals surface area contributed by atoms with Crippen LogP contribution in [0.2, 0.25) is 0 Å². The van der Waals surface area contributed by atoms with Crippen molar-refractivity contribution in [2.75, 3.05) is 26.4 Å². The van der Waals surface area contributed by atoms with Gasteiger partial charge in [-0.25, -0.2) is 4.57 Å². The monoisotopic (exact) mass is 900 g/mol. The molecule has 0 aliphatic rings. The van der Waals surface area contributed by atoms with Crippen molar-refractivity contribution in [2.24, 2.45) is 5.73 Å². The molecule has 3 atom stereocenters. The maximum absolute atomic E-state index is 12.7. The number of nitrogens with two attached hydrogens (primary N) is 1. The van der Waals surface area contributed by atoms with Crippen molar-refractivity contribution in [3.05, 3.63) is 24.3 Å². The molecule has 0 amide bonds. The number of carbonyl (C=O) groups is 2. The second-order valence-corrected chi connectivity index (χ2v) is 19.1. The fraction of sp³-hybridized carbons (Fsp3) is 0.882. The van der Waals surface area contributed by atoms with Gasteiger partial charge < -0.3 is 25.2 Å². The lowest BCUT2D eigenvalue weighted by molar-refractivity contribution is -0.154. The van der Waals surface area contributed by atoms with Gasteiger partial charge in [0.25, 0.3) is 0 Å². The summed E-state index contributed by atoms with van der Waals surface area (Å²) in [7, 11) is -4.62. The highest BCUT2D eigenvalue weighted by atomic mass is 31.2. The summed E-state index contributed by atoms with van der Waals surface area (Å²) >= 11 is 0. The van der Waals surface area contributed by atoms with Crippen LogP contribution in [0.3, 0.4) is 0 Å². The van der Waals surface area contributed by atoms with Gasteiger partial charge in [-0.15, -0.1) is 0 Å². The zero-order valence-corrected chi connectivity index (χ0v) is 41.1. The average molecular weight is 900 g/mol. The minimum absolute atomic E-state index is 0.0173. The maximum Gasteiger partial charge on any atom is 0.472 e. The molecule has 3 unspecified atom stereocenters. The van der Waals surface area contributed by atoms with Crippen LogP contribution >= 0.6 is 7.82 Å². The first kappa shape index (κ1) is 60.5. The molecule has 0 fully saturated rings. The van der Waals surface area contributed by atoms with E-state index in [4.69, 9.17) is 29.4 Å². The molecule has 0 radical (unpaired) electrons. The molecule has 366 valence electrons. The Morgan fingerprint density at radius 3 is 1.32 bits per heavy atom. The molecule has 0 saturated heterocycles. The zero-order valence-electron chi connectivity index (χ0n) is 40.2. The number of carbonyl (C=O) groups excluding carboxylic acids is 1. The first-order valence-corrected chi connectivity index (χ1v) is 27.4. The van der Waals surface area contributed by atoms with Crippen molar-refractivity contribution >= 4 is 19.8 Å². The maximum atomic E-state index is 12.7. The quantitative estimate of drug-likeness (QED) is 0.0233. The van der Waals surface area contributed by atoms with E-state index in [1.807, 2.05) is 0 Å². The normalized spacial score (nSPS) is 13.9. The highest BCUT2D eigenvalue weighted by Gasteiger charge is 2.27. The van der Waals surface area contributed by atoms with Crippen LogP contribution in [-0.2, 0) is 32.7 Å². The fourth-order valence-electron chi connectivity index (χ4n) is 7.46. The Morgan fingerprint density at radius 2 is 0.887 bits per heavy atom. The number of carboxylic acid groups (broad SMARTS) is 1. The van der Waals surface area contributed by atoms with Gasteiger partial charge >= 0.3 is 19.8 Å². The first-order chi connectivity index (χ1) is 30.2. The third-order valence-electron chi connectivity index (χ3n) is 11.5. The molecule has 0 aromatic heterocycles. The SMILES string of the molecule is CCCCCC/C=C\C/C=C\CCCCCCCCCCOCC(COP(=O)(O)OCC(N)C(=O)O)OC(=O)CCCCCCCCCCCCCCCCCCCCCCC. The van der Waals surface area contributed by atoms with Crippen LogP contribution in [0, 0.1) is 0 Å². The molecule has 0 aliphatic heterocycles. The van der Waals surface area contributed by atoms with Crippen molar-refractivity contribution in [1.29, 1.82) is 0 Å². The lowest BCUT2D eigenvalue weighted by Crippen LogP contribution is -2.34. The van der Waals surface area contributed by atoms with Crippen molar-refractivity contribution < 1.29 is 42.7 Å². The molecule has 0 spiro atoms.